The quantitative estimate of drug-likeness (QED) is 0.838. The fourth-order valence-corrected chi connectivity index (χ4v) is 3.75. The van der Waals surface area contributed by atoms with E-state index in [1.54, 1.807) is 0 Å². The van der Waals surface area contributed by atoms with Gasteiger partial charge < -0.3 is 10.3 Å². The Morgan fingerprint density at radius 2 is 1.65 bits per heavy atom. The average Bonchev–Trinajstić information content (AvgIpc) is 2.76. The van der Waals surface area contributed by atoms with Crippen LogP contribution in [-0.4, -0.2) is 36.1 Å². The van der Waals surface area contributed by atoms with Crippen molar-refractivity contribution in [2.45, 2.75) is 33.7 Å². The molecule has 0 saturated carbocycles. The molecule has 1 fully saturated rings. The highest BCUT2D eigenvalue weighted by Gasteiger charge is 2.35. The van der Waals surface area contributed by atoms with Gasteiger partial charge in [-0.3, -0.25) is 4.90 Å². The number of aromatic nitrogens is 1. The SMILES string of the molecule is Cc1[nH]c2ccccc2c1[C@H](N1CCNCC1)C(C)(C)C.Cl.Cl. The predicted molar refractivity (Wildman–Crippen MR) is 104 cm³/mol. The second kappa shape index (κ2) is 7.89. The highest BCUT2D eigenvalue weighted by atomic mass is 35.5. The molecule has 1 aliphatic rings. The van der Waals surface area contributed by atoms with Crippen LogP contribution >= 0.6 is 24.8 Å². The number of hydrogen-bond donors (Lipinski definition) is 2. The summed E-state index contributed by atoms with van der Waals surface area (Å²) in [5, 5.41) is 4.85. The van der Waals surface area contributed by atoms with Gasteiger partial charge in [0.1, 0.15) is 0 Å². The number of rotatable bonds is 2. The molecule has 5 heteroatoms. The number of nitrogens with one attached hydrogen (secondary N) is 2. The van der Waals surface area contributed by atoms with E-state index < -0.39 is 0 Å². The zero-order chi connectivity index (χ0) is 15.0. The van der Waals surface area contributed by atoms with Crippen molar-refractivity contribution in [3.05, 3.63) is 35.5 Å². The van der Waals surface area contributed by atoms with E-state index in [9.17, 15) is 0 Å². The van der Waals surface area contributed by atoms with E-state index >= 15 is 0 Å². The molecule has 1 aromatic heterocycles. The van der Waals surface area contributed by atoms with Crippen LogP contribution in [0.5, 0.6) is 0 Å². The minimum Gasteiger partial charge on any atom is -0.358 e. The van der Waals surface area contributed by atoms with Crippen LogP contribution in [0.4, 0.5) is 0 Å². The van der Waals surface area contributed by atoms with Gasteiger partial charge in [-0.05, 0) is 24.0 Å². The lowest BCUT2D eigenvalue weighted by molar-refractivity contribution is 0.0868. The molecule has 0 aliphatic carbocycles. The van der Waals surface area contributed by atoms with Crippen molar-refractivity contribution in [3.8, 4) is 0 Å². The number of hydrogen-bond acceptors (Lipinski definition) is 2. The summed E-state index contributed by atoms with van der Waals surface area (Å²) in [5.74, 6) is 0. The van der Waals surface area contributed by atoms with Gasteiger partial charge in [-0.2, -0.15) is 0 Å². The van der Waals surface area contributed by atoms with Gasteiger partial charge >= 0.3 is 0 Å². The van der Waals surface area contributed by atoms with Crippen LogP contribution in [0.1, 0.15) is 38.1 Å². The number of benzene rings is 1. The summed E-state index contributed by atoms with van der Waals surface area (Å²) in [6.45, 7) is 13.7. The molecule has 1 saturated heterocycles. The molecule has 1 atom stereocenters. The van der Waals surface area contributed by atoms with E-state index in [1.165, 1.54) is 22.2 Å². The van der Waals surface area contributed by atoms with Crippen molar-refractivity contribution in [1.29, 1.82) is 0 Å². The number of fused-ring (bicyclic) bond motifs is 1. The first kappa shape index (κ1) is 20.3. The molecule has 3 rings (SSSR count). The first-order chi connectivity index (χ1) is 9.98. The third kappa shape index (κ3) is 4.03. The molecular formula is C18H29Cl2N3. The van der Waals surface area contributed by atoms with E-state index in [0.717, 1.165) is 26.2 Å². The molecule has 23 heavy (non-hydrogen) atoms. The molecule has 0 unspecified atom stereocenters. The lowest BCUT2D eigenvalue weighted by atomic mass is 9.80. The molecular weight excluding hydrogens is 329 g/mol. The van der Waals surface area contributed by atoms with Crippen molar-refractivity contribution in [2.75, 3.05) is 26.2 Å². The molecule has 1 aliphatic heterocycles. The summed E-state index contributed by atoms with van der Waals surface area (Å²) in [5.41, 5.74) is 4.27. The molecule has 0 amide bonds. The van der Waals surface area contributed by atoms with Gasteiger partial charge in [0.25, 0.3) is 0 Å². The highest BCUT2D eigenvalue weighted by molar-refractivity contribution is 5.86. The summed E-state index contributed by atoms with van der Waals surface area (Å²) in [6.07, 6.45) is 0. The summed E-state index contributed by atoms with van der Waals surface area (Å²) in [6, 6.07) is 9.16. The second-order valence-electron chi connectivity index (χ2n) is 7.26. The van der Waals surface area contributed by atoms with Crippen LogP contribution in [0, 0.1) is 12.3 Å². The monoisotopic (exact) mass is 357 g/mol. The highest BCUT2D eigenvalue weighted by Crippen LogP contribution is 2.42. The maximum atomic E-state index is 3.58. The molecule has 2 aromatic rings. The maximum Gasteiger partial charge on any atom is 0.0459 e. The number of H-pyrrole nitrogens is 1. The van der Waals surface area contributed by atoms with Crippen LogP contribution in [0.25, 0.3) is 10.9 Å². The topological polar surface area (TPSA) is 31.1 Å². The number of aromatic amines is 1. The fourth-order valence-electron chi connectivity index (χ4n) is 3.75. The molecule has 0 spiro atoms. The first-order valence-corrected chi connectivity index (χ1v) is 8.00. The van der Waals surface area contributed by atoms with Crippen LogP contribution < -0.4 is 5.32 Å². The largest absolute Gasteiger partial charge is 0.358 e. The van der Waals surface area contributed by atoms with E-state index in [4.69, 9.17) is 0 Å². The van der Waals surface area contributed by atoms with E-state index in [-0.39, 0.29) is 30.2 Å². The Labute approximate surface area is 152 Å². The number of para-hydroxylation sites is 1. The summed E-state index contributed by atoms with van der Waals surface area (Å²) in [7, 11) is 0. The Kier molecular flexibility index (Phi) is 6.96. The van der Waals surface area contributed by atoms with Crippen LogP contribution in [0.2, 0.25) is 0 Å². The molecule has 0 bridgehead atoms. The molecule has 2 heterocycles. The zero-order valence-electron chi connectivity index (χ0n) is 14.5. The van der Waals surface area contributed by atoms with Crippen molar-refractivity contribution in [1.82, 2.24) is 15.2 Å². The average molecular weight is 358 g/mol. The molecule has 1 aromatic carbocycles. The lowest BCUT2D eigenvalue weighted by Gasteiger charge is -2.42. The number of halogens is 2. The Morgan fingerprint density at radius 1 is 1.04 bits per heavy atom. The molecule has 2 N–H and O–H groups in total. The molecule has 3 nitrogen and oxygen atoms in total. The summed E-state index contributed by atoms with van der Waals surface area (Å²) < 4.78 is 0. The summed E-state index contributed by atoms with van der Waals surface area (Å²) >= 11 is 0. The lowest BCUT2D eigenvalue weighted by Crippen LogP contribution is -2.48. The van der Waals surface area contributed by atoms with Gasteiger partial charge in [0, 0.05) is 48.8 Å². The Balaban J connectivity index is 0.00000132. The third-order valence-electron chi connectivity index (χ3n) is 4.55. The van der Waals surface area contributed by atoms with Gasteiger partial charge in [-0.15, -0.1) is 24.8 Å². The third-order valence-corrected chi connectivity index (χ3v) is 4.55. The van der Waals surface area contributed by atoms with Crippen molar-refractivity contribution < 1.29 is 0 Å². The maximum absolute atomic E-state index is 3.58. The number of nitrogens with zero attached hydrogens (tertiary/aromatic N) is 1. The molecule has 0 radical (unpaired) electrons. The van der Waals surface area contributed by atoms with Crippen molar-refractivity contribution in [2.24, 2.45) is 5.41 Å². The molecule has 130 valence electrons. The van der Waals surface area contributed by atoms with E-state index in [1.807, 2.05) is 0 Å². The van der Waals surface area contributed by atoms with Crippen molar-refractivity contribution in [3.63, 3.8) is 0 Å². The Hall–Kier alpha value is -0.740. The van der Waals surface area contributed by atoms with Crippen molar-refractivity contribution >= 4 is 35.7 Å². The van der Waals surface area contributed by atoms with Crippen LogP contribution in [0.15, 0.2) is 24.3 Å². The Morgan fingerprint density at radius 3 is 2.26 bits per heavy atom. The minimum absolute atomic E-state index is 0. The fraction of sp³-hybridized carbons (Fsp3) is 0.556. The van der Waals surface area contributed by atoms with Crippen LogP contribution in [-0.2, 0) is 0 Å². The van der Waals surface area contributed by atoms with Gasteiger partial charge in [-0.1, -0.05) is 39.0 Å². The van der Waals surface area contributed by atoms with Gasteiger partial charge in [-0.25, -0.2) is 0 Å². The predicted octanol–water partition coefficient (Wildman–Crippen LogP) is 4.31. The number of piperazine rings is 1. The van der Waals surface area contributed by atoms with Gasteiger partial charge in [0.15, 0.2) is 0 Å². The van der Waals surface area contributed by atoms with Gasteiger partial charge in [0.05, 0.1) is 0 Å². The smallest absolute Gasteiger partial charge is 0.0459 e. The van der Waals surface area contributed by atoms with E-state index in [0.29, 0.717) is 6.04 Å². The van der Waals surface area contributed by atoms with Crippen LogP contribution in [0.3, 0.4) is 0 Å². The normalized spacial score (nSPS) is 17.4. The second-order valence-corrected chi connectivity index (χ2v) is 7.26. The first-order valence-electron chi connectivity index (χ1n) is 8.00. The summed E-state index contributed by atoms with van der Waals surface area (Å²) in [4.78, 5) is 6.23. The van der Waals surface area contributed by atoms with Gasteiger partial charge in [0.2, 0.25) is 0 Å². The Bertz CT molecular complexity index is 625. The van der Waals surface area contributed by atoms with E-state index in [2.05, 4.69) is 67.2 Å². The number of aryl methyl sites for hydroxylation is 1. The zero-order valence-corrected chi connectivity index (χ0v) is 16.1. The standard InChI is InChI=1S/C18H27N3.2ClH/c1-13-16(14-7-5-6-8-15(14)20-13)17(18(2,3)4)21-11-9-19-10-12-21;;/h5-8,17,19-20H,9-12H2,1-4H3;2*1H/t17-;;/m0../s1. The minimum atomic E-state index is 0.